The summed E-state index contributed by atoms with van der Waals surface area (Å²) in [5.74, 6) is -0.0771. The molecule has 0 aliphatic carbocycles. The number of amides is 2. The predicted octanol–water partition coefficient (Wildman–Crippen LogP) is 21.0. The summed E-state index contributed by atoms with van der Waals surface area (Å²) in [6.45, 7) is 25.0. The van der Waals surface area contributed by atoms with Gasteiger partial charge in [0.15, 0.2) is 0 Å². The van der Waals surface area contributed by atoms with Gasteiger partial charge >= 0.3 is 24.1 Å². The molecule has 18 rings (SSSR count). The number of fused-ring (bicyclic) bond motifs is 2. The van der Waals surface area contributed by atoms with Gasteiger partial charge in [-0.2, -0.15) is 0 Å². The minimum absolute atomic E-state index is 0. The predicted molar refractivity (Wildman–Crippen MR) is 607 cm³/mol. The van der Waals surface area contributed by atoms with Crippen molar-refractivity contribution >= 4 is 201 Å². The van der Waals surface area contributed by atoms with Crippen LogP contribution in [0.15, 0.2) is 437 Å². The summed E-state index contributed by atoms with van der Waals surface area (Å²) in [6, 6.07) is 140. The van der Waals surface area contributed by atoms with Crippen molar-refractivity contribution in [2.75, 3.05) is 27.3 Å². The second-order valence-corrected chi connectivity index (χ2v) is 43.8. The number of carbonyl (C=O) groups is 4. The number of nitrogens with zero attached hydrogens (tertiary/aromatic N) is 4. The molecule has 0 unspecified atom stereocenters. The van der Waals surface area contributed by atoms with Crippen LogP contribution in [0.4, 0.5) is 9.59 Å². The van der Waals surface area contributed by atoms with Gasteiger partial charge in [-0.3, -0.25) is 9.80 Å². The zero-order valence-corrected chi connectivity index (χ0v) is 89.1. The van der Waals surface area contributed by atoms with Crippen molar-refractivity contribution in [3.63, 3.8) is 0 Å². The quantitative estimate of drug-likeness (QED) is 0.0249. The molecule has 0 N–H and O–H groups in total. The van der Waals surface area contributed by atoms with Crippen LogP contribution in [0.5, 0.6) is 11.8 Å². The molecular formula is C118H117B5BrN4O10P4Pd. The van der Waals surface area contributed by atoms with Gasteiger partial charge in [-0.15, -0.1) is 13.2 Å². The molecule has 0 saturated carbocycles. The molecule has 9 radical (unpaired) electrons. The zero-order valence-electron chi connectivity index (χ0n) is 82.3. The number of rotatable bonds is 19. The third kappa shape index (κ3) is 34.4. The molecule has 2 aliphatic rings. The van der Waals surface area contributed by atoms with Gasteiger partial charge in [0, 0.05) is 98.9 Å². The van der Waals surface area contributed by atoms with Crippen LogP contribution in [0.3, 0.4) is 0 Å². The number of benzene rings is 14. The van der Waals surface area contributed by atoms with E-state index in [0.717, 1.165) is 49.8 Å². The van der Waals surface area contributed by atoms with Gasteiger partial charge < -0.3 is 28.4 Å². The molecule has 0 bridgehead atoms. The van der Waals surface area contributed by atoms with E-state index in [4.69, 9.17) is 28.4 Å². The van der Waals surface area contributed by atoms with E-state index < -0.39 is 91.3 Å². The number of aryl methyl sites for hydroxylation is 2. The maximum absolute atomic E-state index is 12.6. The standard InChI is InChI=1S/C23H28N2O5.C21H25BrN2O5.4C18H15P.C2H4.B3.B2.Pd/c1-7-15-11-18-16(10-14(15)2)8-9-24-20(18)29-17-12-19(21(26)28-6)25(13-17)22(27)30-23(3,4)5;1-12-8-13-6-7-23-18(15(13)10-16(12)22)28-14-9-17(19(25)27-5)24(11-14)20(26)29-21(2,3)4;4*1-4-10-16(11-5-1)19(17-12-6-2-7-13-17)18-14-8-3-9-15-18;1-2;1-3-2;1-2;/h7-11,17,19H,1,12-13H2,2-6H3;6-8,10,14,17H,9,11H2,1-5H3;4*1-15H;1-2H2;;;/t17-,19+;14-,17+;;;;;;;;/m11......../s1. The first kappa shape index (κ1) is 114. The van der Waals surface area contributed by atoms with Crippen LogP contribution in [-0.2, 0) is 49.0 Å². The van der Waals surface area contributed by atoms with Crippen molar-refractivity contribution in [2.45, 2.75) is 104 Å². The van der Waals surface area contributed by atoms with Crippen molar-refractivity contribution in [1.82, 2.24) is 19.8 Å². The normalized spacial score (nSPS) is 13.6. The maximum atomic E-state index is 12.6. The van der Waals surface area contributed by atoms with Crippen molar-refractivity contribution in [3.05, 3.63) is 454 Å². The first-order valence-electron chi connectivity index (χ1n) is 46.4. The smallest absolute Gasteiger partial charge is 0.411 e. The van der Waals surface area contributed by atoms with E-state index in [0.29, 0.717) is 24.6 Å². The molecule has 4 atom stereocenters. The molecule has 2 fully saturated rings. The number of halogens is 1. The molecule has 2 amide bonds. The van der Waals surface area contributed by atoms with Crippen molar-refractivity contribution in [3.8, 4) is 11.8 Å². The molecule has 2 aliphatic heterocycles. The molecular weight excluding hydrogens is 2000 g/mol. The molecule has 16 aromatic rings. The number of pyridine rings is 2. The average Bonchev–Trinajstić information content (AvgIpc) is 1.78. The fourth-order valence-electron chi connectivity index (χ4n) is 15.6. The van der Waals surface area contributed by atoms with Gasteiger partial charge in [0.05, 0.1) is 27.3 Å². The third-order valence-corrected chi connectivity index (χ3v) is 32.4. The van der Waals surface area contributed by atoms with Crippen LogP contribution >= 0.6 is 47.6 Å². The minimum Gasteiger partial charge on any atom is -0.472 e. The molecule has 721 valence electrons. The molecule has 143 heavy (non-hydrogen) atoms. The molecule has 4 heterocycles. The molecule has 14 aromatic carbocycles. The Morgan fingerprint density at radius 3 is 0.783 bits per heavy atom. The maximum Gasteiger partial charge on any atom is 0.411 e. The van der Waals surface area contributed by atoms with Gasteiger partial charge in [-0.05, 0) is 202 Å². The van der Waals surface area contributed by atoms with E-state index >= 15 is 0 Å². The van der Waals surface area contributed by atoms with Gasteiger partial charge in [0.1, 0.15) is 35.5 Å². The third-order valence-electron chi connectivity index (χ3n) is 21.8. The largest absolute Gasteiger partial charge is 0.472 e. The molecule has 2 aromatic heterocycles. The second-order valence-electron chi connectivity index (χ2n) is 34.0. The zero-order chi connectivity index (χ0) is 102. The number of carbonyl (C=O) groups excluding carboxylic acids is 4. The summed E-state index contributed by atoms with van der Waals surface area (Å²) >= 11 is 3.54. The topological polar surface area (TPSA) is 156 Å². The molecule has 2 saturated heterocycles. The fourth-order valence-corrected chi connectivity index (χ4v) is 25.1. The Kier molecular flexibility index (Phi) is 47.7. The van der Waals surface area contributed by atoms with Crippen LogP contribution in [0.25, 0.3) is 27.6 Å². The number of aromatic nitrogens is 2. The Morgan fingerprint density at radius 2 is 0.580 bits per heavy atom. The summed E-state index contributed by atoms with van der Waals surface area (Å²) in [7, 11) is 18.8. The van der Waals surface area contributed by atoms with Crippen LogP contribution in [-0.4, -0.2) is 145 Å². The first-order valence-corrected chi connectivity index (χ1v) is 52.5. The number of hydrogen-bond acceptors (Lipinski definition) is 12. The van der Waals surface area contributed by atoms with Crippen molar-refractivity contribution in [2.24, 2.45) is 0 Å². The van der Waals surface area contributed by atoms with E-state index in [1.54, 1.807) is 60.0 Å². The second kappa shape index (κ2) is 59.7. The van der Waals surface area contributed by atoms with Crippen LogP contribution in [0.1, 0.15) is 71.1 Å². The van der Waals surface area contributed by atoms with Crippen molar-refractivity contribution < 1.29 is 68.0 Å². The Balaban J connectivity index is 0.000000190. The van der Waals surface area contributed by atoms with Crippen LogP contribution < -0.4 is 73.1 Å². The SMILES string of the molecule is C=C.C=Cc1cc2c(O[C@@H]3C[C@@H](C(=O)OC)N(C(=O)OC(C)(C)C)C3)nccc2cc1C.COC(=O)[C@@H]1C[C@@H](Oc2nccc3cc(C)c(Br)cc23)CN1C(=O)OC(C)(C)C.[B][B].[B][B][B].[Pd].c1ccc(P(c2ccccc2)c2ccccc2)cc1.c1ccc(P(c2ccccc2)c2ccccc2)cc1.c1ccc(P(c2ccccc2)c2ccccc2)cc1.c1ccc(P(c2ccccc2)c2ccccc2)cc1. The fraction of sp³-hybridized carbons (Fsp3) is 0.169. The van der Waals surface area contributed by atoms with Gasteiger partial charge in [-0.25, -0.2) is 29.1 Å². The van der Waals surface area contributed by atoms with E-state index in [1.165, 1.54) is 87.7 Å². The van der Waals surface area contributed by atoms with Gasteiger partial charge in [0.2, 0.25) is 11.8 Å². The molecule has 0 spiro atoms. The van der Waals surface area contributed by atoms with Crippen molar-refractivity contribution in [1.29, 1.82) is 0 Å². The number of likely N-dealkylation sites (tertiary alicyclic amines) is 2. The van der Waals surface area contributed by atoms with Gasteiger partial charge in [-0.1, -0.05) is 405 Å². The Bertz CT molecular complexity index is 5670. The number of methoxy groups -OCH3 is 2. The number of hydrogen-bond donors (Lipinski definition) is 0. The summed E-state index contributed by atoms with van der Waals surface area (Å²) in [4.78, 5) is 61.2. The Labute approximate surface area is 878 Å². The Morgan fingerprint density at radius 1 is 0.371 bits per heavy atom. The first-order chi connectivity index (χ1) is 68.9. The average molecular weight is 2120 g/mol. The number of ether oxygens (including phenoxy) is 6. The van der Waals surface area contributed by atoms with E-state index in [1.807, 2.05) is 44.2 Å². The molecule has 25 heteroatoms. The summed E-state index contributed by atoms with van der Waals surface area (Å²) in [5, 5.41) is 20.5. The summed E-state index contributed by atoms with van der Waals surface area (Å²) < 4.78 is 33.9. The van der Waals surface area contributed by atoms with E-state index in [9.17, 15) is 19.2 Å². The minimum atomic E-state index is -0.768. The van der Waals surface area contributed by atoms with Crippen LogP contribution in [0, 0.1) is 13.8 Å². The number of esters is 2. The van der Waals surface area contributed by atoms with E-state index in [2.05, 4.69) is 447 Å². The summed E-state index contributed by atoms with van der Waals surface area (Å²) in [5.41, 5.74) is 1.87. The van der Waals surface area contributed by atoms with Crippen LogP contribution in [0.2, 0.25) is 0 Å². The molecule has 14 nitrogen and oxygen atoms in total. The van der Waals surface area contributed by atoms with E-state index in [-0.39, 0.29) is 33.5 Å². The Hall–Kier alpha value is -12.4. The monoisotopic (exact) mass is 2110 g/mol. The van der Waals surface area contributed by atoms with Gasteiger partial charge in [0.25, 0.3) is 0 Å². The summed E-state index contributed by atoms with van der Waals surface area (Å²) in [6.07, 6.45) is 3.78.